The van der Waals surface area contributed by atoms with E-state index >= 15 is 0 Å². The highest BCUT2D eigenvalue weighted by atomic mass is 35.5. The third-order valence-electron chi connectivity index (χ3n) is 3.77. The van der Waals surface area contributed by atoms with Crippen molar-refractivity contribution in [3.8, 4) is 0 Å². The standard InChI is InChI=1S/C13H22ClN3O/c1-8(2)10-6-4-5-7-11(10)15-13-17-16-12(18-13)9(3)14/h8-11H,4-7H2,1-3H3,(H,15,17). The molecule has 5 heteroatoms. The van der Waals surface area contributed by atoms with Gasteiger partial charge in [-0.25, -0.2) is 0 Å². The smallest absolute Gasteiger partial charge is 0.315 e. The van der Waals surface area contributed by atoms with E-state index in [4.69, 9.17) is 16.0 Å². The average molecular weight is 272 g/mol. The summed E-state index contributed by atoms with van der Waals surface area (Å²) in [7, 11) is 0. The number of halogens is 1. The van der Waals surface area contributed by atoms with Crippen molar-refractivity contribution in [1.82, 2.24) is 10.2 Å². The van der Waals surface area contributed by atoms with E-state index in [-0.39, 0.29) is 5.38 Å². The van der Waals surface area contributed by atoms with Gasteiger partial charge in [-0.1, -0.05) is 31.8 Å². The summed E-state index contributed by atoms with van der Waals surface area (Å²) in [6, 6.07) is 0.952. The molecule has 0 amide bonds. The second-order valence-electron chi connectivity index (χ2n) is 5.50. The first kappa shape index (κ1) is 13.7. The van der Waals surface area contributed by atoms with Crippen LogP contribution in [0.4, 0.5) is 6.01 Å². The molecule has 1 aliphatic carbocycles. The second kappa shape index (κ2) is 5.91. The molecule has 1 saturated carbocycles. The normalized spacial score (nSPS) is 26.3. The SMILES string of the molecule is CC(Cl)c1nnc(NC2CCCCC2C(C)C)o1. The van der Waals surface area contributed by atoms with Gasteiger partial charge < -0.3 is 9.73 Å². The van der Waals surface area contributed by atoms with Gasteiger partial charge >= 0.3 is 6.01 Å². The summed E-state index contributed by atoms with van der Waals surface area (Å²) in [5.41, 5.74) is 0. The lowest BCUT2D eigenvalue weighted by atomic mass is 9.78. The van der Waals surface area contributed by atoms with Crippen LogP contribution in [0.1, 0.15) is 57.7 Å². The summed E-state index contributed by atoms with van der Waals surface area (Å²) >= 11 is 5.91. The topological polar surface area (TPSA) is 51.0 Å². The summed E-state index contributed by atoms with van der Waals surface area (Å²) in [6.45, 7) is 6.39. The van der Waals surface area contributed by atoms with Crippen LogP contribution in [0.2, 0.25) is 0 Å². The Bertz CT molecular complexity index is 378. The zero-order chi connectivity index (χ0) is 13.1. The van der Waals surface area contributed by atoms with Crippen molar-refractivity contribution >= 4 is 17.6 Å². The van der Waals surface area contributed by atoms with Gasteiger partial charge in [0.25, 0.3) is 0 Å². The summed E-state index contributed by atoms with van der Waals surface area (Å²) in [4.78, 5) is 0. The minimum Gasteiger partial charge on any atom is -0.406 e. The van der Waals surface area contributed by atoms with Crippen molar-refractivity contribution in [2.24, 2.45) is 11.8 Å². The minimum atomic E-state index is -0.236. The molecule has 0 saturated heterocycles. The van der Waals surface area contributed by atoms with Crippen molar-refractivity contribution in [1.29, 1.82) is 0 Å². The molecule has 18 heavy (non-hydrogen) atoms. The molecule has 1 aliphatic rings. The Morgan fingerprint density at radius 3 is 2.56 bits per heavy atom. The molecule has 102 valence electrons. The Kier molecular flexibility index (Phi) is 4.49. The largest absolute Gasteiger partial charge is 0.406 e. The monoisotopic (exact) mass is 271 g/mol. The molecule has 0 radical (unpaired) electrons. The van der Waals surface area contributed by atoms with Crippen molar-refractivity contribution in [3.05, 3.63) is 5.89 Å². The first-order valence-electron chi connectivity index (χ1n) is 6.82. The highest BCUT2D eigenvalue weighted by Gasteiger charge is 2.28. The molecule has 0 aliphatic heterocycles. The molecular weight excluding hydrogens is 250 g/mol. The van der Waals surface area contributed by atoms with Crippen LogP contribution in [-0.2, 0) is 0 Å². The third-order valence-corrected chi connectivity index (χ3v) is 3.95. The van der Waals surface area contributed by atoms with Gasteiger partial charge in [-0.2, -0.15) is 0 Å². The van der Waals surface area contributed by atoms with E-state index in [9.17, 15) is 0 Å². The molecule has 1 fully saturated rings. The van der Waals surface area contributed by atoms with Gasteiger partial charge in [0.05, 0.1) is 0 Å². The summed E-state index contributed by atoms with van der Waals surface area (Å²) in [6.07, 6.45) is 5.06. The van der Waals surface area contributed by atoms with E-state index in [0.29, 0.717) is 29.8 Å². The van der Waals surface area contributed by atoms with Crippen molar-refractivity contribution < 1.29 is 4.42 Å². The lowest BCUT2D eigenvalue weighted by Gasteiger charge is -2.34. The van der Waals surface area contributed by atoms with Gasteiger partial charge in [-0.3, -0.25) is 0 Å². The number of rotatable bonds is 4. The predicted molar refractivity (Wildman–Crippen MR) is 72.8 cm³/mol. The first-order chi connectivity index (χ1) is 8.58. The number of hydrogen-bond donors (Lipinski definition) is 1. The van der Waals surface area contributed by atoms with Gasteiger partial charge in [-0.15, -0.1) is 16.7 Å². The van der Waals surface area contributed by atoms with E-state index < -0.39 is 0 Å². The first-order valence-corrected chi connectivity index (χ1v) is 7.25. The van der Waals surface area contributed by atoms with E-state index in [0.717, 1.165) is 0 Å². The predicted octanol–water partition coefficient (Wildman–Crippen LogP) is 4.00. The Morgan fingerprint density at radius 1 is 1.22 bits per heavy atom. The molecule has 2 rings (SSSR count). The minimum absolute atomic E-state index is 0.236. The molecule has 1 N–H and O–H groups in total. The van der Waals surface area contributed by atoms with Crippen LogP contribution < -0.4 is 5.32 Å². The maximum atomic E-state index is 5.91. The molecule has 3 unspecified atom stereocenters. The highest BCUT2D eigenvalue weighted by molar-refractivity contribution is 6.20. The molecule has 3 atom stereocenters. The highest BCUT2D eigenvalue weighted by Crippen LogP contribution is 2.32. The summed E-state index contributed by atoms with van der Waals surface area (Å²) in [5, 5.41) is 11.1. The summed E-state index contributed by atoms with van der Waals surface area (Å²) < 4.78 is 5.51. The van der Waals surface area contributed by atoms with Crippen LogP contribution in [0, 0.1) is 11.8 Å². The molecule has 0 bridgehead atoms. The lowest BCUT2D eigenvalue weighted by molar-refractivity contribution is 0.250. The fraction of sp³-hybridized carbons (Fsp3) is 0.846. The van der Waals surface area contributed by atoms with Gasteiger partial charge in [-0.05, 0) is 31.6 Å². The molecule has 4 nitrogen and oxygen atoms in total. The number of aromatic nitrogens is 2. The van der Waals surface area contributed by atoms with Gasteiger partial charge in [0.1, 0.15) is 5.38 Å². The summed E-state index contributed by atoms with van der Waals surface area (Å²) in [5.74, 6) is 1.84. The van der Waals surface area contributed by atoms with Crippen molar-refractivity contribution in [2.75, 3.05) is 5.32 Å². The van der Waals surface area contributed by atoms with E-state index in [1.165, 1.54) is 25.7 Å². The Hall–Kier alpha value is -0.770. The van der Waals surface area contributed by atoms with Gasteiger partial charge in [0.15, 0.2) is 0 Å². The van der Waals surface area contributed by atoms with E-state index in [2.05, 4.69) is 29.4 Å². The van der Waals surface area contributed by atoms with Crippen LogP contribution in [0.25, 0.3) is 0 Å². The Morgan fingerprint density at radius 2 is 1.94 bits per heavy atom. The van der Waals surface area contributed by atoms with Crippen molar-refractivity contribution in [2.45, 2.75) is 57.9 Å². The molecule has 0 spiro atoms. The van der Waals surface area contributed by atoms with Crippen LogP contribution in [0.5, 0.6) is 0 Å². The van der Waals surface area contributed by atoms with Crippen LogP contribution in [0.3, 0.4) is 0 Å². The van der Waals surface area contributed by atoms with Crippen LogP contribution in [-0.4, -0.2) is 16.2 Å². The second-order valence-corrected chi connectivity index (χ2v) is 6.16. The molecule has 0 aromatic carbocycles. The number of nitrogens with one attached hydrogen (secondary N) is 1. The molecule has 1 heterocycles. The third kappa shape index (κ3) is 3.16. The fourth-order valence-corrected chi connectivity index (χ4v) is 2.84. The lowest BCUT2D eigenvalue weighted by Crippen LogP contribution is -2.35. The average Bonchev–Trinajstić information content (AvgIpc) is 2.78. The van der Waals surface area contributed by atoms with Gasteiger partial charge in [0, 0.05) is 6.04 Å². The molecular formula is C13H22ClN3O. The zero-order valence-electron chi connectivity index (χ0n) is 11.3. The maximum Gasteiger partial charge on any atom is 0.315 e. The molecule has 1 aromatic heterocycles. The number of anilines is 1. The number of nitrogens with zero attached hydrogens (tertiary/aromatic N) is 2. The quantitative estimate of drug-likeness (QED) is 0.841. The molecule has 1 aromatic rings. The number of hydrogen-bond acceptors (Lipinski definition) is 4. The van der Waals surface area contributed by atoms with Crippen LogP contribution in [0.15, 0.2) is 4.42 Å². The maximum absolute atomic E-state index is 5.91. The van der Waals surface area contributed by atoms with Gasteiger partial charge in [0.2, 0.25) is 5.89 Å². The Labute approximate surface area is 113 Å². The van der Waals surface area contributed by atoms with Crippen LogP contribution >= 0.6 is 11.6 Å². The van der Waals surface area contributed by atoms with E-state index in [1.54, 1.807) is 0 Å². The number of alkyl halides is 1. The zero-order valence-corrected chi connectivity index (χ0v) is 12.1. The van der Waals surface area contributed by atoms with Crippen molar-refractivity contribution in [3.63, 3.8) is 0 Å². The fourth-order valence-electron chi connectivity index (χ4n) is 2.75. The Balaban J connectivity index is 2.01. The van der Waals surface area contributed by atoms with E-state index in [1.807, 2.05) is 6.92 Å².